The molecular formula is C11H12BrN3O2S. The maximum Gasteiger partial charge on any atom is 0.241 e. The van der Waals surface area contributed by atoms with Crippen molar-refractivity contribution >= 4 is 26.0 Å². The lowest BCUT2D eigenvalue weighted by atomic mass is 10.3. The number of nitrogens with zero attached hydrogens (tertiary/aromatic N) is 1. The lowest BCUT2D eigenvalue weighted by Gasteiger charge is -2.07. The Bertz CT molecular complexity index is 652. The summed E-state index contributed by atoms with van der Waals surface area (Å²) in [5.41, 5.74) is 1.68. The number of rotatable bonds is 4. The Balaban J connectivity index is 2.19. The molecule has 0 amide bonds. The van der Waals surface area contributed by atoms with Crippen LogP contribution in [0.5, 0.6) is 0 Å². The van der Waals surface area contributed by atoms with E-state index in [-0.39, 0.29) is 11.4 Å². The zero-order valence-corrected chi connectivity index (χ0v) is 12.0. The Morgan fingerprint density at radius 2 is 2.11 bits per heavy atom. The highest BCUT2D eigenvalue weighted by Gasteiger charge is 2.17. The van der Waals surface area contributed by atoms with Crippen LogP contribution in [0.4, 0.5) is 0 Å². The second-order valence-corrected chi connectivity index (χ2v) is 6.36. The van der Waals surface area contributed by atoms with E-state index in [0.717, 1.165) is 11.3 Å². The van der Waals surface area contributed by atoms with E-state index < -0.39 is 10.0 Å². The molecule has 0 saturated heterocycles. The van der Waals surface area contributed by atoms with Crippen LogP contribution in [0.3, 0.4) is 0 Å². The van der Waals surface area contributed by atoms with E-state index in [1.807, 2.05) is 6.92 Å². The van der Waals surface area contributed by atoms with Crippen LogP contribution < -0.4 is 4.72 Å². The van der Waals surface area contributed by atoms with Crippen molar-refractivity contribution in [2.45, 2.75) is 18.4 Å². The van der Waals surface area contributed by atoms with Crippen molar-refractivity contribution in [3.8, 4) is 0 Å². The number of sulfonamides is 1. The second-order valence-electron chi connectivity index (χ2n) is 3.78. The summed E-state index contributed by atoms with van der Waals surface area (Å²) in [6, 6.07) is 6.69. The molecule has 5 nitrogen and oxygen atoms in total. The van der Waals surface area contributed by atoms with Crippen molar-refractivity contribution < 1.29 is 8.42 Å². The third kappa shape index (κ3) is 2.80. The van der Waals surface area contributed by atoms with Gasteiger partial charge in [0.15, 0.2) is 0 Å². The van der Waals surface area contributed by atoms with E-state index in [1.165, 1.54) is 0 Å². The number of aromatic nitrogens is 2. The molecule has 0 atom stereocenters. The minimum atomic E-state index is -3.52. The number of benzene rings is 1. The van der Waals surface area contributed by atoms with Crippen LogP contribution >= 0.6 is 15.9 Å². The van der Waals surface area contributed by atoms with Gasteiger partial charge in [0.25, 0.3) is 0 Å². The van der Waals surface area contributed by atoms with Crippen LogP contribution in [0.1, 0.15) is 11.3 Å². The molecule has 0 aliphatic heterocycles. The number of hydrogen-bond donors (Lipinski definition) is 2. The first-order chi connectivity index (χ1) is 8.50. The van der Waals surface area contributed by atoms with E-state index >= 15 is 0 Å². The molecular weight excluding hydrogens is 318 g/mol. The Morgan fingerprint density at radius 3 is 2.72 bits per heavy atom. The van der Waals surface area contributed by atoms with Gasteiger partial charge in [0.2, 0.25) is 10.0 Å². The largest absolute Gasteiger partial charge is 0.283 e. The Hall–Kier alpha value is -1.18. The fourth-order valence-corrected chi connectivity index (χ4v) is 3.47. The SMILES string of the molecule is Cc1[nH]ncc1CNS(=O)(=O)c1ccccc1Br. The minimum Gasteiger partial charge on any atom is -0.283 e. The van der Waals surface area contributed by atoms with Gasteiger partial charge in [-0.3, -0.25) is 5.10 Å². The molecule has 1 aromatic carbocycles. The summed E-state index contributed by atoms with van der Waals surface area (Å²) in [7, 11) is -3.52. The van der Waals surface area contributed by atoms with Crippen molar-refractivity contribution in [3.05, 3.63) is 46.2 Å². The van der Waals surface area contributed by atoms with E-state index in [1.54, 1.807) is 30.5 Å². The zero-order chi connectivity index (χ0) is 13.2. The normalized spacial score (nSPS) is 11.7. The Kier molecular flexibility index (Phi) is 3.84. The van der Waals surface area contributed by atoms with Crippen LogP contribution in [0.15, 0.2) is 39.8 Å². The zero-order valence-electron chi connectivity index (χ0n) is 9.64. The predicted octanol–water partition coefficient (Wildman–Crippen LogP) is 1.96. The number of aryl methyl sites for hydroxylation is 1. The van der Waals surface area contributed by atoms with Crippen LogP contribution in [0, 0.1) is 6.92 Å². The van der Waals surface area contributed by atoms with Gasteiger partial charge in [-0.1, -0.05) is 12.1 Å². The molecule has 7 heteroatoms. The van der Waals surface area contributed by atoms with Crippen molar-refractivity contribution in [1.82, 2.24) is 14.9 Å². The lowest BCUT2D eigenvalue weighted by Crippen LogP contribution is -2.23. The van der Waals surface area contributed by atoms with Crippen LogP contribution in [-0.2, 0) is 16.6 Å². The molecule has 0 bridgehead atoms. The van der Waals surface area contributed by atoms with Crippen LogP contribution in [0.2, 0.25) is 0 Å². The number of H-pyrrole nitrogens is 1. The van der Waals surface area contributed by atoms with E-state index in [2.05, 4.69) is 30.8 Å². The highest BCUT2D eigenvalue weighted by molar-refractivity contribution is 9.10. The lowest BCUT2D eigenvalue weighted by molar-refractivity contribution is 0.580. The minimum absolute atomic E-state index is 0.214. The molecule has 2 aromatic rings. The summed E-state index contributed by atoms with van der Waals surface area (Å²) in [4.78, 5) is 0.228. The Labute approximate surface area is 114 Å². The first-order valence-corrected chi connectivity index (χ1v) is 7.51. The molecule has 1 heterocycles. The molecule has 0 radical (unpaired) electrons. The number of halogens is 1. The topological polar surface area (TPSA) is 74.8 Å². The average molecular weight is 330 g/mol. The molecule has 2 rings (SSSR count). The van der Waals surface area contributed by atoms with Crippen LogP contribution in [0.25, 0.3) is 0 Å². The van der Waals surface area contributed by atoms with E-state index in [0.29, 0.717) is 4.47 Å². The van der Waals surface area contributed by atoms with Gasteiger partial charge >= 0.3 is 0 Å². The number of hydrogen-bond acceptors (Lipinski definition) is 3. The van der Waals surface area contributed by atoms with Crippen LogP contribution in [-0.4, -0.2) is 18.6 Å². The summed E-state index contributed by atoms with van der Waals surface area (Å²) in [5, 5.41) is 6.61. The first kappa shape index (κ1) is 13.3. The van der Waals surface area contributed by atoms with E-state index in [9.17, 15) is 8.42 Å². The van der Waals surface area contributed by atoms with Gasteiger partial charge in [0.05, 0.1) is 11.1 Å². The molecule has 2 N–H and O–H groups in total. The summed E-state index contributed by atoms with van der Waals surface area (Å²) in [5.74, 6) is 0. The molecule has 0 spiro atoms. The average Bonchev–Trinajstić information content (AvgIpc) is 2.73. The number of aromatic amines is 1. The molecule has 18 heavy (non-hydrogen) atoms. The molecule has 0 aliphatic rings. The van der Waals surface area contributed by atoms with E-state index in [4.69, 9.17) is 0 Å². The maximum atomic E-state index is 12.1. The molecule has 0 unspecified atom stereocenters. The molecule has 0 fully saturated rings. The van der Waals surface area contributed by atoms with Gasteiger partial charge in [-0.05, 0) is 35.0 Å². The van der Waals surface area contributed by atoms with Gasteiger partial charge in [0.1, 0.15) is 0 Å². The predicted molar refractivity (Wildman–Crippen MR) is 71.5 cm³/mol. The van der Waals surface area contributed by atoms with Gasteiger partial charge in [-0.2, -0.15) is 5.10 Å². The van der Waals surface area contributed by atoms with Gasteiger partial charge in [-0.15, -0.1) is 0 Å². The highest BCUT2D eigenvalue weighted by Crippen LogP contribution is 2.21. The Morgan fingerprint density at radius 1 is 1.39 bits per heavy atom. The summed E-state index contributed by atoms with van der Waals surface area (Å²) >= 11 is 3.23. The third-order valence-electron chi connectivity index (χ3n) is 2.51. The summed E-state index contributed by atoms with van der Waals surface area (Å²) < 4.78 is 27.3. The van der Waals surface area contributed by atoms with Gasteiger partial charge in [-0.25, -0.2) is 13.1 Å². The quantitative estimate of drug-likeness (QED) is 0.900. The molecule has 1 aromatic heterocycles. The first-order valence-electron chi connectivity index (χ1n) is 5.24. The van der Waals surface area contributed by atoms with Gasteiger partial charge < -0.3 is 0 Å². The molecule has 0 saturated carbocycles. The summed E-state index contributed by atoms with van der Waals surface area (Å²) in [6.45, 7) is 2.06. The fraction of sp³-hybridized carbons (Fsp3) is 0.182. The third-order valence-corrected chi connectivity index (χ3v) is 4.93. The summed E-state index contributed by atoms with van der Waals surface area (Å²) in [6.07, 6.45) is 1.61. The standard InChI is InChI=1S/C11H12BrN3O2S/c1-8-9(6-13-15-8)7-14-18(16,17)11-5-3-2-4-10(11)12/h2-6,14H,7H2,1H3,(H,13,15). The maximum absolute atomic E-state index is 12.1. The molecule has 0 aliphatic carbocycles. The smallest absolute Gasteiger partial charge is 0.241 e. The number of nitrogens with one attached hydrogen (secondary N) is 2. The van der Waals surface area contributed by atoms with Crippen molar-refractivity contribution in [1.29, 1.82) is 0 Å². The van der Waals surface area contributed by atoms with Crippen molar-refractivity contribution in [2.75, 3.05) is 0 Å². The molecule has 96 valence electrons. The van der Waals surface area contributed by atoms with Crippen molar-refractivity contribution in [3.63, 3.8) is 0 Å². The fourth-order valence-electron chi connectivity index (χ4n) is 1.47. The second kappa shape index (κ2) is 5.21. The highest BCUT2D eigenvalue weighted by atomic mass is 79.9. The monoisotopic (exact) mass is 329 g/mol. The van der Waals surface area contributed by atoms with Gasteiger partial charge in [0, 0.05) is 22.3 Å². The van der Waals surface area contributed by atoms with Crippen molar-refractivity contribution in [2.24, 2.45) is 0 Å².